The van der Waals surface area contributed by atoms with Gasteiger partial charge >= 0.3 is 0 Å². The van der Waals surface area contributed by atoms with Crippen molar-refractivity contribution in [1.29, 1.82) is 0 Å². The summed E-state index contributed by atoms with van der Waals surface area (Å²) in [6.07, 6.45) is 4.91. The van der Waals surface area contributed by atoms with Gasteiger partial charge in [-0.15, -0.1) is 0 Å². The minimum atomic E-state index is -0.287. The average Bonchev–Trinajstić information content (AvgIpc) is 2.47. The predicted octanol–water partition coefficient (Wildman–Crippen LogP) is 2.13. The summed E-state index contributed by atoms with van der Waals surface area (Å²) in [5.41, 5.74) is 0.699. The zero-order chi connectivity index (χ0) is 16.5. The molecule has 1 N–H and O–H groups in total. The first kappa shape index (κ1) is 18.7. The lowest BCUT2D eigenvalue weighted by atomic mass is 10.2. The lowest BCUT2D eigenvalue weighted by molar-refractivity contribution is 0.265. The van der Waals surface area contributed by atoms with E-state index in [1.807, 2.05) is 18.7 Å². The molecule has 0 aromatic carbocycles. The van der Waals surface area contributed by atoms with E-state index < -0.39 is 0 Å². The minimum Gasteiger partial charge on any atom is -0.503 e. The maximum Gasteiger partial charge on any atom is 0.223 e. The van der Waals surface area contributed by atoms with Crippen LogP contribution in [0.15, 0.2) is 17.1 Å². The highest BCUT2D eigenvalue weighted by Gasteiger charge is 2.10. The van der Waals surface area contributed by atoms with Crippen LogP contribution in [0.3, 0.4) is 0 Å². The molecule has 0 radical (unpaired) electrons. The van der Waals surface area contributed by atoms with Crippen molar-refractivity contribution in [3.8, 4) is 5.75 Å². The van der Waals surface area contributed by atoms with Gasteiger partial charge in [0.15, 0.2) is 5.75 Å². The molecule has 1 aromatic heterocycles. The second-order valence-corrected chi connectivity index (χ2v) is 6.09. The molecule has 5 nitrogen and oxygen atoms in total. The van der Waals surface area contributed by atoms with Crippen LogP contribution in [0, 0.1) is 0 Å². The third-order valence-electron chi connectivity index (χ3n) is 3.86. The third-order valence-corrected chi connectivity index (χ3v) is 3.86. The van der Waals surface area contributed by atoms with E-state index in [1.165, 1.54) is 6.42 Å². The number of nitrogens with zero attached hydrogens (tertiary/aromatic N) is 3. The van der Waals surface area contributed by atoms with E-state index in [1.54, 1.807) is 12.3 Å². The van der Waals surface area contributed by atoms with Gasteiger partial charge in [-0.05, 0) is 46.6 Å². The van der Waals surface area contributed by atoms with Crippen molar-refractivity contribution >= 4 is 0 Å². The van der Waals surface area contributed by atoms with Crippen LogP contribution in [-0.2, 0) is 13.1 Å². The molecule has 22 heavy (non-hydrogen) atoms. The van der Waals surface area contributed by atoms with Crippen LogP contribution >= 0.6 is 0 Å². The largest absolute Gasteiger partial charge is 0.503 e. The Kier molecular flexibility index (Phi) is 8.20. The van der Waals surface area contributed by atoms with Crippen molar-refractivity contribution in [2.45, 2.75) is 46.2 Å². The van der Waals surface area contributed by atoms with Crippen LogP contribution in [0.25, 0.3) is 0 Å². The Morgan fingerprint density at radius 1 is 1.18 bits per heavy atom. The molecule has 1 aromatic rings. The summed E-state index contributed by atoms with van der Waals surface area (Å²) in [5.74, 6) is -0.162. The molecule has 1 heterocycles. The smallest absolute Gasteiger partial charge is 0.223 e. The summed E-state index contributed by atoms with van der Waals surface area (Å²) in [6, 6.07) is 1.58. The second-order valence-electron chi connectivity index (χ2n) is 6.09. The molecule has 0 spiro atoms. The van der Waals surface area contributed by atoms with Crippen molar-refractivity contribution in [1.82, 2.24) is 14.4 Å². The van der Waals surface area contributed by atoms with Gasteiger partial charge in [0.25, 0.3) is 0 Å². The molecule has 0 aliphatic heterocycles. The Labute approximate surface area is 134 Å². The van der Waals surface area contributed by atoms with E-state index in [2.05, 4.69) is 23.6 Å². The Balaban J connectivity index is 2.85. The number of hydrogen-bond donors (Lipinski definition) is 1. The maximum absolute atomic E-state index is 11.8. The number of aromatic nitrogens is 1. The fourth-order valence-electron chi connectivity index (χ4n) is 2.46. The second kappa shape index (κ2) is 9.64. The molecule has 126 valence electrons. The molecule has 0 saturated heterocycles. The summed E-state index contributed by atoms with van der Waals surface area (Å²) >= 11 is 0. The van der Waals surface area contributed by atoms with Crippen molar-refractivity contribution < 1.29 is 5.11 Å². The highest BCUT2D eigenvalue weighted by molar-refractivity contribution is 5.20. The molecule has 0 aliphatic carbocycles. The monoisotopic (exact) mass is 309 g/mol. The fourth-order valence-corrected chi connectivity index (χ4v) is 2.46. The molecule has 5 heteroatoms. The predicted molar refractivity (Wildman–Crippen MR) is 91.4 cm³/mol. The SMILES string of the molecule is CCCCN(CC)Cc1cc(=O)c(O)cn1CCCN(C)C. The number of rotatable bonds is 10. The summed E-state index contributed by atoms with van der Waals surface area (Å²) in [6.45, 7) is 8.89. The van der Waals surface area contributed by atoms with Gasteiger partial charge in [0.1, 0.15) is 0 Å². The lowest BCUT2D eigenvalue weighted by Gasteiger charge is -2.23. The van der Waals surface area contributed by atoms with Crippen molar-refractivity contribution in [3.05, 3.63) is 28.2 Å². The average molecular weight is 309 g/mol. The van der Waals surface area contributed by atoms with Crippen LogP contribution in [0.4, 0.5) is 0 Å². The quantitative estimate of drug-likeness (QED) is 0.719. The van der Waals surface area contributed by atoms with E-state index >= 15 is 0 Å². The summed E-state index contributed by atoms with van der Waals surface area (Å²) in [5, 5.41) is 9.71. The number of pyridine rings is 1. The Bertz CT molecular complexity index is 497. The molecule has 0 atom stereocenters. The number of hydrogen-bond acceptors (Lipinski definition) is 4. The molecular formula is C17H31N3O2. The van der Waals surface area contributed by atoms with E-state index in [9.17, 15) is 9.90 Å². The van der Waals surface area contributed by atoms with E-state index in [0.29, 0.717) is 0 Å². The van der Waals surface area contributed by atoms with Gasteiger partial charge in [0.2, 0.25) is 5.43 Å². The molecule has 0 aliphatic rings. The minimum absolute atomic E-state index is 0.162. The number of aromatic hydroxyl groups is 1. The maximum atomic E-state index is 11.8. The molecule has 0 amide bonds. The molecular weight excluding hydrogens is 278 g/mol. The van der Waals surface area contributed by atoms with Gasteiger partial charge in [0.05, 0.1) is 6.20 Å². The molecule has 1 rings (SSSR count). The van der Waals surface area contributed by atoms with Crippen molar-refractivity contribution in [2.75, 3.05) is 33.7 Å². The zero-order valence-electron chi connectivity index (χ0n) is 14.5. The van der Waals surface area contributed by atoms with Gasteiger partial charge < -0.3 is 14.6 Å². The molecule has 0 unspecified atom stereocenters. The summed E-state index contributed by atoms with van der Waals surface area (Å²) < 4.78 is 2.02. The molecule has 0 fully saturated rings. The normalized spacial score (nSPS) is 11.5. The Hall–Kier alpha value is -1.33. The van der Waals surface area contributed by atoms with Gasteiger partial charge in [0, 0.05) is 24.8 Å². The van der Waals surface area contributed by atoms with Crippen LogP contribution < -0.4 is 5.43 Å². The fraction of sp³-hybridized carbons (Fsp3) is 0.706. The van der Waals surface area contributed by atoms with Crippen LogP contribution in [0.1, 0.15) is 38.8 Å². The highest BCUT2D eigenvalue weighted by atomic mass is 16.3. The Morgan fingerprint density at radius 3 is 2.50 bits per heavy atom. The topological polar surface area (TPSA) is 48.7 Å². The van der Waals surface area contributed by atoms with Gasteiger partial charge in [-0.3, -0.25) is 9.69 Å². The first-order chi connectivity index (χ1) is 10.5. The van der Waals surface area contributed by atoms with Crippen LogP contribution in [0.5, 0.6) is 5.75 Å². The van der Waals surface area contributed by atoms with E-state index in [4.69, 9.17) is 0 Å². The van der Waals surface area contributed by atoms with Crippen molar-refractivity contribution in [2.24, 2.45) is 0 Å². The van der Waals surface area contributed by atoms with Crippen LogP contribution in [0.2, 0.25) is 0 Å². The first-order valence-corrected chi connectivity index (χ1v) is 8.27. The van der Waals surface area contributed by atoms with E-state index in [0.717, 1.165) is 51.3 Å². The third kappa shape index (κ3) is 6.20. The number of unbranched alkanes of at least 4 members (excludes halogenated alkanes) is 1. The zero-order valence-corrected chi connectivity index (χ0v) is 14.5. The lowest BCUT2D eigenvalue weighted by Crippen LogP contribution is -2.27. The summed E-state index contributed by atoms with van der Waals surface area (Å²) in [7, 11) is 4.10. The van der Waals surface area contributed by atoms with Gasteiger partial charge in [-0.1, -0.05) is 20.3 Å². The summed E-state index contributed by atoms with van der Waals surface area (Å²) in [4.78, 5) is 16.3. The number of aryl methyl sites for hydroxylation is 1. The highest BCUT2D eigenvalue weighted by Crippen LogP contribution is 2.10. The van der Waals surface area contributed by atoms with Crippen molar-refractivity contribution in [3.63, 3.8) is 0 Å². The molecule has 0 saturated carbocycles. The van der Waals surface area contributed by atoms with E-state index in [-0.39, 0.29) is 11.2 Å². The molecule has 0 bridgehead atoms. The first-order valence-electron chi connectivity index (χ1n) is 8.27. The Morgan fingerprint density at radius 2 is 1.91 bits per heavy atom. The van der Waals surface area contributed by atoms with Gasteiger partial charge in [-0.2, -0.15) is 0 Å². The standard InChI is InChI=1S/C17H31N3O2/c1-5-7-10-19(6-2)13-15-12-16(21)17(22)14-20(15)11-8-9-18(3)4/h12,14,22H,5-11,13H2,1-4H3. The van der Waals surface area contributed by atoms with Crippen LogP contribution in [-0.4, -0.2) is 53.2 Å². The van der Waals surface area contributed by atoms with Gasteiger partial charge in [-0.25, -0.2) is 0 Å².